The average molecular weight is 600 g/mol. The maximum Gasteiger partial charge on any atom is -1.00 e. The van der Waals surface area contributed by atoms with Crippen LogP contribution in [-0.2, 0) is 20.4 Å². The van der Waals surface area contributed by atoms with Gasteiger partial charge in [-0.3, -0.25) is 0 Å². The van der Waals surface area contributed by atoms with Crippen LogP contribution < -0.4 is 52.8 Å². The van der Waals surface area contributed by atoms with Gasteiger partial charge in [0.2, 0.25) is 0 Å². The van der Waals surface area contributed by atoms with E-state index in [9.17, 15) is 0 Å². The van der Waals surface area contributed by atoms with Gasteiger partial charge in [0, 0.05) is 0 Å². The van der Waals surface area contributed by atoms with Crippen LogP contribution in [0.4, 0.5) is 0 Å². The number of hydrogen-bond donors (Lipinski definition) is 0. The van der Waals surface area contributed by atoms with Crippen LogP contribution >= 0.6 is 0 Å². The minimum absolute atomic E-state index is 0. The molecule has 1 aliphatic carbocycles. The standard InChI is InChI=1S/C29H41Si2.3ClH.Ti/c1-19-13-26(30(9,10)11)17-27(14-19)31(12,28-15-20(2)23(5)21(3)16-28)29(8)18-22(4)24(6)25(29)7;;;;/h13-17H,1-12H3;3*1H;/q;;;;+3/p-3. The molecule has 6 heteroatoms. The molecule has 2 unspecified atom stereocenters. The number of aryl methyl sites for hydroxylation is 3. The predicted octanol–water partition coefficient (Wildman–Crippen LogP) is -2.40. The van der Waals surface area contributed by atoms with Crippen molar-refractivity contribution in [1.29, 1.82) is 0 Å². The molecule has 190 valence electrons. The number of hydrogen-bond acceptors (Lipinski definition) is 0. The molecule has 0 N–H and O–H groups in total. The Kier molecular flexibility index (Phi) is 11.7. The third-order valence-corrected chi connectivity index (χ3v) is 18.1. The molecule has 0 amide bonds. The van der Waals surface area contributed by atoms with Gasteiger partial charge in [-0.05, 0) is 0 Å². The van der Waals surface area contributed by atoms with E-state index in [0.29, 0.717) is 0 Å². The second kappa shape index (κ2) is 11.8. The maximum absolute atomic E-state index is 2.65. The molecule has 0 fully saturated rings. The average Bonchev–Trinajstić information content (AvgIpc) is 2.86. The summed E-state index contributed by atoms with van der Waals surface area (Å²) in [5.74, 6) is 0. The molecule has 0 saturated carbocycles. The van der Waals surface area contributed by atoms with E-state index in [1.54, 1.807) is 25.0 Å². The van der Waals surface area contributed by atoms with E-state index in [1.165, 1.54) is 33.4 Å². The van der Waals surface area contributed by atoms with Crippen molar-refractivity contribution in [3.05, 3.63) is 73.2 Å². The molecule has 2 aromatic rings. The van der Waals surface area contributed by atoms with Crippen LogP contribution in [0.2, 0.25) is 31.2 Å². The van der Waals surface area contributed by atoms with Crippen molar-refractivity contribution in [3.8, 4) is 0 Å². The summed E-state index contributed by atoms with van der Waals surface area (Å²) < 4.78 is 1.58. The Hall–Kier alpha value is -0.0619. The Morgan fingerprint density at radius 3 is 1.46 bits per heavy atom. The molecule has 0 aromatic heterocycles. The molecule has 2 atom stereocenters. The summed E-state index contributed by atoms with van der Waals surface area (Å²) in [6.07, 6.45) is 0. The molecule has 0 heterocycles. The van der Waals surface area contributed by atoms with Gasteiger partial charge in [0.15, 0.2) is 0 Å². The second-order valence-corrected chi connectivity index (χ2v) is 21.8. The number of halogens is 3. The van der Waals surface area contributed by atoms with E-state index in [1.807, 2.05) is 0 Å². The van der Waals surface area contributed by atoms with Crippen molar-refractivity contribution in [1.82, 2.24) is 0 Å². The van der Waals surface area contributed by atoms with Crippen molar-refractivity contribution >= 4 is 31.7 Å². The molecule has 0 bridgehead atoms. The van der Waals surface area contributed by atoms with Crippen LogP contribution in [0.25, 0.3) is 0 Å². The van der Waals surface area contributed by atoms with Gasteiger partial charge < -0.3 is 37.2 Å². The zero-order valence-electron chi connectivity index (χ0n) is 23.5. The number of rotatable bonds is 4. The number of allylic oxidation sites excluding steroid dienone is 4. The van der Waals surface area contributed by atoms with Gasteiger partial charge in [0.05, 0.1) is 0 Å². The van der Waals surface area contributed by atoms with Crippen LogP contribution in [0.1, 0.15) is 49.9 Å². The first-order valence-corrected chi connectivity index (χ1v) is 18.7. The van der Waals surface area contributed by atoms with Gasteiger partial charge >= 0.3 is 212 Å². The third-order valence-electron chi connectivity index (χ3n) is 8.78. The van der Waals surface area contributed by atoms with Crippen LogP contribution in [-0.4, -0.2) is 16.1 Å². The van der Waals surface area contributed by atoms with E-state index in [4.69, 9.17) is 0 Å². The second-order valence-electron chi connectivity index (χ2n) is 11.6. The van der Waals surface area contributed by atoms with Crippen molar-refractivity contribution in [2.75, 3.05) is 0 Å². The van der Waals surface area contributed by atoms with Gasteiger partial charge in [-0.15, -0.1) is 0 Å². The summed E-state index contributed by atoms with van der Waals surface area (Å²) >= 11 is 2.41. The fourth-order valence-corrected chi connectivity index (χ4v) is 13.8. The summed E-state index contributed by atoms with van der Waals surface area (Å²) in [6.45, 7) is 28.9. The van der Waals surface area contributed by atoms with Crippen LogP contribution in [0, 0.1) is 27.7 Å². The zero-order valence-corrected chi connectivity index (χ0v) is 29.3. The van der Waals surface area contributed by atoms with Crippen LogP contribution in [0.15, 0.2) is 50.9 Å². The summed E-state index contributed by atoms with van der Waals surface area (Å²) in [7, 11) is -3.66. The van der Waals surface area contributed by atoms with Gasteiger partial charge in [0.25, 0.3) is 0 Å². The Morgan fingerprint density at radius 1 is 0.629 bits per heavy atom. The normalized spacial score (nSPS) is 19.6. The van der Waals surface area contributed by atoms with E-state index >= 15 is 0 Å². The minimum atomic E-state index is -2.22. The summed E-state index contributed by atoms with van der Waals surface area (Å²) in [5, 5.41) is 4.83. The molecule has 2 aromatic carbocycles. The molecule has 0 nitrogen and oxygen atoms in total. The molecule has 0 spiro atoms. The van der Waals surface area contributed by atoms with E-state index < -0.39 is 16.1 Å². The summed E-state index contributed by atoms with van der Waals surface area (Å²) in [6, 6.07) is 12.6. The molecule has 35 heavy (non-hydrogen) atoms. The Morgan fingerprint density at radius 2 is 1.06 bits per heavy atom. The first-order valence-electron chi connectivity index (χ1n) is 11.9. The van der Waals surface area contributed by atoms with E-state index in [0.717, 1.165) is 0 Å². The Bertz CT molecular complexity index is 1130. The van der Waals surface area contributed by atoms with Crippen LogP contribution in [0.5, 0.6) is 0 Å². The Labute approximate surface area is 247 Å². The predicted molar refractivity (Wildman–Crippen MR) is 145 cm³/mol. The summed E-state index contributed by atoms with van der Waals surface area (Å²) in [5.41, 5.74) is 10.3. The Balaban J connectivity index is 0.00000385. The van der Waals surface area contributed by atoms with Crippen molar-refractivity contribution in [2.24, 2.45) is 0 Å². The molecular formula is C29H41Cl3Si2Ti. The first-order chi connectivity index (χ1) is 14.6. The van der Waals surface area contributed by atoms with Gasteiger partial charge in [-0.1, -0.05) is 0 Å². The van der Waals surface area contributed by atoms with E-state index in [2.05, 4.69) is 132 Å². The largest absolute Gasteiger partial charge is 1.00 e. The molecule has 0 aliphatic heterocycles. The molecule has 0 radical (unpaired) electrons. The zero-order chi connectivity index (χ0) is 24.4. The molecular weight excluding hydrogens is 559 g/mol. The topological polar surface area (TPSA) is 0 Å². The smallest absolute Gasteiger partial charge is 1.00 e. The third kappa shape index (κ3) is 5.56. The molecule has 1 aliphatic rings. The van der Waals surface area contributed by atoms with Gasteiger partial charge in [-0.2, -0.15) is 0 Å². The monoisotopic (exact) mass is 598 g/mol. The maximum atomic E-state index is 2.65. The van der Waals surface area contributed by atoms with E-state index in [-0.39, 0.29) is 42.3 Å². The molecule has 0 saturated heterocycles. The number of benzene rings is 2. The van der Waals surface area contributed by atoms with Gasteiger partial charge in [0.1, 0.15) is 0 Å². The fourth-order valence-electron chi connectivity index (χ4n) is 5.60. The SMILES string of the molecule is CC1=C(C)C(C)([Si](C)(c2cc(C)cc([Si](C)(C)C)c2)c2cc(C)c(C)c(C)c2)[C]([Ti+3])=C1C.[Cl-].[Cl-].[Cl-]. The summed E-state index contributed by atoms with van der Waals surface area (Å²) in [4.78, 5) is 0. The van der Waals surface area contributed by atoms with Gasteiger partial charge in [-0.25, -0.2) is 0 Å². The quantitative estimate of drug-likeness (QED) is 0.344. The van der Waals surface area contributed by atoms with Crippen molar-refractivity contribution < 1.29 is 57.7 Å². The minimum Gasteiger partial charge on any atom is -1.00 e. The van der Waals surface area contributed by atoms with Crippen molar-refractivity contribution in [2.45, 2.75) is 86.6 Å². The first kappa shape index (κ1) is 34.9. The fraction of sp³-hybridized carbons (Fsp3) is 0.448. The van der Waals surface area contributed by atoms with Crippen LogP contribution in [0.3, 0.4) is 0 Å². The van der Waals surface area contributed by atoms with Crippen molar-refractivity contribution in [3.63, 3.8) is 0 Å². The molecule has 3 rings (SSSR count).